The topological polar surface area (TPSA) is 25.8 Å². The first-order chi connectivity index (χ1) is 5.77. The first-order valence-electron chi connectivity index (χ1n) is 3.11. The highest BCUT2D eigenvalue weighted by Crippen LogP contribution is 2.09. The predicted molar refractivity (Wildman–Crippen MR) is 60.1 cm³/mol. The number of nitrogens with zero attached hydrogens (tertiary/aromatic N) is 2. The Morgan fingerprint density at radius 1 is 1.25 bits per heavy atom. The summed E-state index contributed by atoms with van der Waals surface area (Å²) in [5.74, 6) is 0. The molecule has 2 nitrogen and oxygen atoms in total. The van der Waals surface area contributed by atoms with Crippen molar-refractivity contribution >= 4 is 57.1 Å². The maximum Gasteiger partial charge on any atom is 0.140 e. The van der Waals surface area contributed by atoms with E-state index < -0.39 is 0 Å². The molecule has 0 amide bonds. The van der Waals surface area contributed by atoms with E-state index in [0.29, 0.717) is 5.15 Å². The van der Waals surface area contributed by atoms with Gasteiger partial charge < -0.3 is 0 Å². The Labute approximate surface area is 88.7 Å². The summed E-state index contributed by atoms with van der Waals surface area (Å²) >= 11 is 11.5. The fourth-order valence-electron chi connectivity index (χ4n) is 0.844. The molecular weight excluding hydrogens is 310 g/mol. The van der Waals surface area contributed by atoms with Crippen LogP contribution in [-0.4, -0.2) is 12.9 Å². The van der Waals surface area contributed by atoms with Crippen molar-refractivity contribution in [1.82, 2.24) is 9.97 Å². The van der Waals surface area contributed by atoms with E-state index >= 15 is 0 Å². The number of fused-ring (bicyclic) bond motifs is 1. The smallest absolute Gasteiger partial charge is 0.140 e. The molecule has 0 saturated carbocycles. The standard InChI is InChI=1S/C7H3Cl2IN2/c8-6-1-5-4(2-10-6)7(9)12-3-11-5/h1-3H. The molecule has 5 heteroatoms. The third-order valence-corrected chi connectivity index (χ3v) is 4.18. The molecule has 0 aliphatic carbocycles. The molecule has 2 heterocycles. The van der Waals surface area contributed by atoms with Gasteiger partial charge in [0.1, 0.15) is 11.5 Å². The van der Waals surface area contributed by atoms with E-state index in [9.17, 15) is 0 Å². The highest BCUT2D eigenvalue weighted by Gasteiger charge is 1.99. The van der Waals surface area contributed by atoms with Gasteiger partial charge in [-0.25, -0.2) is 9.97 Å². The van der Waals surface area contributed by atoms with Gasteiger partial charge in [-0.05, 0) is 10.2 Å². The van der Waals surface area contributed by atoms with Crippen molar-refractivity contribution in [3.63, 3.8) is 0 Å². The lowest BCUT2D eigenvalue weighted by Gasteiger charge is -1.96. The first-order valence-corrected chi connectivity index (χ1v) is 6.20. The SMILES string of the molecule is ClC1=IC=c2c(Cl)ncnc2=C1. The fourth-order valence-corrected chi connectivity index (χ4v) is 3.30. The van der Waals surface area contributed by atoms with Crippen molar-refractivity contribution in [3.05, 3.63) is 22.0 Å². The van der Waals surface area contributed by atoms with Crippen molar-refractivity contribution in [3.8, 4) is 0 Å². The molecule has 1 aromatic rings. The molecule has 0 fully saturated rings. The van der Waals surface area contributed by atoms with E-state index in [0.717, 1.165) is 13.5 Å². The number of hydrogen-bond donors (Lipinski definition) is 0. The van der Waals surface area contributed by atoms with Crippen molar-refractivity contribution in [1.29, 1.82) is 0 Å². The van der Waals surface area contributed by atoms with Crippen LogP contribution in [0.15, 0.2) is 6.33 Å². The molecule has 0 N–H and O–H groups in total. The molecule has 0 unspecified atom stereocenters. The molecular formula is C7H3Cl2IN2. The van der Waals surface area contributed by atoms with E-state index in [1.807, 2.05) is 10.2 Å². The lowest BCUT2D eigenvalue weighted by Crippen LogP contribution is -2.31. The summed E-state index contributed by atoms with van der Waals surface area (Å²) < 4.78 is 2.93. The molecule has 12 heavy (non-hydrogen) atoms. The Kier molecular flexibility index (Phi) is 2.43. The third kappa shape index (κ3) is 1.53. The zero-order chi connectivity index (χ0) is 8.55. The number of hydrogen-bond acceptors (Lipinski definition) is 2. The van der Waals surface area contributed by atoms with Crippen LogP contribution in [0.25, 0.3) is 10.2 Å². The number of aromatic nitrogens is 2. The second-order valence-corrected chi connectivity index (χ2v) is 5.93. The summed E-state index contributed by atoms with van der Waals surface area (Å²) in [4.78, 5) is 7.95. The van der Waals surface area contributed by atoms with Gasteiger partial charge >= 0.3 is 0 Å². The van der Waals surface area contributed by atoms with Crippen LogP contribution in [0.1, 0.15) is 0 Å². The van der Waals surface area contributed by atoms with Gasteiger partial charge in [0.2, 0.25) is 0 Å². The molecule has 1 aliphatic heterocycles. The minimum Gasteiger partial charge on any atom is -0.236 e. The van der Waals surface area contributed by atoms with Crippen LogP contribution in [0.4, 0.5) is 0 Å². The zero-order valence-electron chi connectivity index (χ0n) is 5.76. The molecule has 0 bridgehead atoms. The van der Waals surface area contributed by atoms with Gasteiger partial charge in [0.05, 0.1) is 8.32 Å². The summed E-state index contributed by atoms with van der Waals surface area (Å²) in [6.45, 7) is 0. The van der Waals surface area contributed by atoms with Gasteiger partial charge in [0.25, 0.3) is 0 Å². The third-order valence-electron chi connectivity index (χ3n) is 1.38. The molecule has 0 spiro atoms. The summed E-state index contributed by atoms with van der Waals surface area (Å²) in [6, 6.07) is 0. The van der Waals surface area contributed by atoms with E-state index in [1.165, 1.54) is 6.33 Å². The Bertz CT molecular complexity index is 467. The van der Waals surface area contributed by atoms with Crippen molar-refractivity contribution < 1.29 is 0 Å². The largest absolute Gasteiger partial charge is 0.236 e. The number of halogens is 3. The first kappa shape index (κ1) is 8.59. The fraction of sp³-hybridized carbons (Fsp3) is 0. The minimum atomic E-state index is -0.217. The average molecular weight is 313 g/mol. The van der Waals surface area contributed by atoms with E-state index in [2.05, 4.69) is 9.97 Å². The van der Waals surface area contributed by atoms with E-state index in [-0.39, 0.29) is 20.7 Å². The molecule has 2 rings (SSSR count). The predicted octanol–water partition coefficient (Wildman–Crippen LogP) is 1.00. The normalized spacial score (nSPS) is 14.7. The van der Waals surface area contributed by atoms with Gasteiger partial charge in [-0.2, -0.15) is 0 Å². The van der Waals surface area contributed by atoms with Crippen molar-refractivity contribution in [2.24, 2.45) is 0 Å². The monoisotopic (exact) mass is 312 g/mol. The summed E-state index contributed by atoms with van der Waals surface area (Å²) in [7, 11) is 0. The Morgan fingerprint density at radius 2 is 2.08 bits per heavy atom. The zero-order valence-corrected chi connectivity index (χ0v) is 9.43. The summed E-state index contributed by atoms with van der Waals surface area (Å²) in [5, 5.41) is 2.27. The van der Waals surface area contributed by atoms with Crippen molar-refractivity contribution in [2.75, 3.05) is 0 Å². The average Bonchev–Trinajstić information content (AvgIpc) is 2.04. The second-order valence-electron chi connectivity index (χ2n) is 2.12. The van der Waals surface area contributed by atoms with Crippen LogP contribution in [-0.2, 0) is 0 Å². The van der Waals surface area contributed by atoms with Crippen LogP contribution in [0, 0.1) is 0 Å². The van der Waals surface area contributed by atoms with Crippen LogP contribution in [0.2, 0.25) is 5.15 Å². The van der Waals surface area contributed by atoms with Gasteiger partial charge in [0.15, 0.2) is 0 Å². The molecule has 0 radical (unpaired) electrons. The Balaban J connectivity index is 2.87. The van der Waals surface area contributed by atoms with Crippen LogP contribution < -0.4 is 10.6 Å². The van der Waals surface area contributed by atoms with E-state index in [1.54, 1.807) is 0 Å². The molecule has 1 aromatic heterocycles. The van der Waals surface area contributed by atoms with E-state index in [4.69, 9.17) is 23.2 Å². The van der Waals surface area contributed by atoms with Crippen molar-refractivity contribution in [2.45, 2.75) is 0 Å². The van der Waals surface area contributed by atoms with Crippen LogP contribution >= 0.6 is 43.9 Å². The Morgan fingerprint density at radius 3 is 2.92 bits per heavy atom. The lowest BCUT2D eigenvalue weighted by atomic mass is 10.4. The summed E-state index contributed by atoms with van der Waals surface area (Å²) in [5.41, 5.74) is 0. The van der Waals surface area contributed by atoms with Gasteiger partial charge in [0, 0.05) is 5.22 Å². The minimum absolute atomic E-state index is 0.217. The molecule has 0 atom stereocenters. The van der Waals surface area contributed by atoms with Gasteiger partial charge in [-0.3, -0.25) is 0 Å². The maximum atomic E-state index is 5.87. The summed E-state index contributed by atoms with van der Waals surface area (Å²) in [6.07, 6.45) is 3.30. The molecule has 1 aliphatic rings. The molecule has 62 valence electrons. The maximum absolute atomic E-state index is 5.87. The van der Waals surface area contributed by atoms with Gasteiger partial charge in [-0.1, -0.05) is 43.9 Å². The number of rotatable bonds is 0. The highest BCUT2D eigenvalue weighted by atomic mass is 127. The molecule has 0 aromatic carbocycles. The molecule has 0 saturated heterocycles. The Hall–Kier alpha value is -0.000000000000000167. The van der Waals surface area contributed by atoms with Crippen LogP contribution in [0.5, 0.6) is 0 Å². The highest BCUT2D eigenvalue weighted by molar-refractivity contribution is 14.2. The quantitative estimate of drug-likeness (QED) is 0.528. The van der Waals surface area contributed by atoms with Gasteiger partial charge in [-0.15, -0.1) is 0 Å². The second kappa shape index (κ2) is 3.40. The lowest BCUT2D eigenvalue weighted by molar-refractivity contribution is 1.10. The van der Waals surface area contributed by atoms with Crippen LogP contribution in [0.3, 0.4) is 0 Å².